The number of carbonyl (C=O) groups is 4. The van der Waals surface area contributed by atoms with E-state index in [1.807, 2.05) is 0 Å². The zero-order chi connectivity index (χ0) is 73.8. The smallest absolute Gasteiger partial charge is 0.251 e. The first-order valence-electron chi connectivity index (χ1n) is 40.1. The second-order valence-corrected chi connectivity index (χ2v) is 32.6. The summed E-state index contributed by atoms with van der Waals surface area (Å²) in [6.45, 7) is 44.6. The van der Waals surface area contributed by atoms with Crippen molar-refractivity contribution < 1.29 is 47.6 Å². The highest BCUT2D eigenvalue weighted by Gasteiger charge is 2.24. The average molecular weight is 1400 g/mol. The summed E-state index contributed by atoms with van der Waals surface area (Å²) >= 11 is 0. The number of ether oxygens (including phenoxy) is 6. The van der Waals surface area contributed by atoms with Crippen LogP contribution in [0.1, 0.15) is 320 Å². The lowest BCUT2D eigenvalue weighted by molar-refractivity contribution is 0.0925. The molecular formula is C86H146N4O10. The van der Waals surface area contributed by atoms with Crippen LogP contribution in [0.3, 0.4) is 0 Å². The maximum Gasteiger partial charge on any atom is 0.251 e. The normalized spacial score (nSPS) is 13.5. The van der Waals surface area contributed by atoms with Gasteiger partial charge in [0.15, 0.2) is 23.0 Å². The molecule has 0 aromatic heterocycles. The van der Waals surface area contributed by atoms with Gasteiger partial charge in [0.25, 0.3) is 23.6 Å². The van der Waals surface area contributed by atoms with E-state index in [-0.39, 0.29) is 49.8 Å². The molecule has 3 aromatic carbocycles. The van der Waals surface area contributed by atoms with Crippen molar-refractivity contribution in [2.45, 2.75) is 279 Å². The fourth-order valence-electron chi connectivity index (χ4n) is 12.3. The lowest BCUT2D eigenvalue weighted by Crippen LogP contribution is -2.35. The number of nitrogens with one attached hydrogen (secondary N) is 4. The average Bonchev–Trinajstić information content (AvgIpc) is 0.823. The van der Waals surface area contributed by atoms with Crippen molar-refractivity contribution in [1.82, 2.24) is 21.3 Å². The third-order valence-corrected chi connectivity index (χ3v) is 19.4. The zero-order valence-electron chi connectivity index (χ0n) is 66.7. The maximum absolute atomic E-state index is 14.1. The molecule has 0 radical (unpaired) electrons. The molecule has 3 aromatic rings. The number of hydrogen-bond donors (Lipinski definition) is 4. The summed E-state index contributed by atoms with van der Waals surface area (Å²) in [4.78, 5) is 55.0. The molecule has 0 unspecified atom stereocenters. The van der Waals surface area contributed by atoms with Crippen molar-refractivity contribution in [3.63, 3.8) is 0 Å². The van der Waals surface area contributed by atoms with E-state index in [0.717, 1.165) is 77.0 Å². The van der Waals surface area contributed by atoms with E-state index in [1.54, 1.807) is 48.5 Å². The second-order valence-electron chi connectivity index (χ2n) is 32.6. The Kier molecular flexibility index (Phi) is 45.6. The van der Waals surface area contributed by atoms with Gasteiger partial charge < -0.3 is 49.7 Å². The number of carbonyl (C=O) groups excluding carboxylic acids is 4. The second kappa shape index (κ2) is 51.5. The number of hydrogen-bond acceptors (Lipinski definition) is 10. The third-order valence-electron chi connectivity index (χ3n) is 19.4. The van der Waals surface area contributed by atoms with Crippen LogP contribution in [0.4, 0.5) is 0 Å². The standard InChI is InChI=1S/C86H146N4O10/c1-61(2)25-19-31-67(13)41-51-95-77-57-75(58-78(96-52-42-68(14)32-20-26-62(3)4)81(77)99-55-45-71(17)35-23-29-65(9)10)85(93)89-49-47-87-83(91)73-37-39-74(40-38-73)84(92)88-48-50-90-86(94)76-59-79(97-53-43-69(15)33-21-27-63(5)6)82(100-56-46-72(18)36-24-30-66(11)12)80(60-76)98-54-44-70(16)34-22-28-64(7)8/h37-40,57-72H,19-36,41-56H2,1-18H3,(H,87,91)(H,88,92)(H,89,93)(H,90,94)/t67-,68-,69-,70-,71-,72-/m0/s1. The molecule has 4 amide bonds. The molecule has 14 heteroatoms. The molecule has 0 spiro atoms. The molecule has 100 heavy (non-hydrogen) atoms. The number of benzene rings is 3. The molecule has 0 aliphatic rings. The molecule has 14 nitrogen and oxygen atoms in total. The Balaban J connectivity index is 1.72. The van der Waals surface area contributed by atoms with Crippen LogP contribution in [0.25, 0.3) is 0 Å². The van der Waals surface area contributed by atoms with Crippen LogP contribution < -0.4 is 49.7 Å². The Hall–Kier alpha value is -5.66. The molecular weight excluding hydrogens is 1250 g/mol. The Labute approximate surface area is 610 Å². The van der Waals surface area contributed by atoms with E-state index in [0.29, 0.717) is 167 Å². The van der Waals surface area contributed by atoms with Crippen molar-refractivity contribution in [3.05, 3.63) is 70.8 Å². The van der Waals surface area contributed by atoms with E-state index in [4.69, 9.17) is 28.4 Å². The van der Waals surface area contributed by atoms with Gasteiger partial charge in [-0.15, -0.1) is 0 Å². The van der Waals surface area contributed by atoms with Crippen LogP contribution in [0.5, 0.6) is 34.5 Å². The van der Waals surface area contributed by atoms with Gasteiger partial charge >= 0.3 is 0 Å². The van der Waals surface area contributed by atoms with Crippen LogP contribution >= 0.6 is 0 Å². The van der Waals surface area contributed by atoms with Crippen molar-refractivity contribution in [3.8, 4) is 34.5 Å². The Bertz CT molecular complexity index is 2410. The van der Waals surface area contributed by atoms with Crippen molar-refractivity contribution in [2.24, 2.45) is 71.0 Å². The SMILES string of the molecule is CC(C)CCC[C@H](C)CCOc1cc(C(=O)NCCNC(=O)c2ccc(C(=O)NCCNC(=O)c3cc(OCC[C@@H](C)CCCC(C)C)c(OCC[C@@H](C)CCCC(C)C)c(OCC[C@@H](C)CCCC(C)C)c3)cc2)cc(OCC[C@@H](C)CCCC(C)C)c1OCC[C@@H](C)CCCC(C)C. The highest BCUT2D eigenvalue weighted by atomic mass is 16.5. The summed E-state index contributed by atoms with van der Waals surface area (Å²) in [5, 5.41) is 11.8. The van der Waals surface area contributed by atoms with Gasteiger partial charge in [-0.3, -0.25) is 19.2 Å². The summed E-state index contributed by atoms with van der Waals surface area (Å²) in [7, 11) is 0. The summed E-state index contributed by atoms with van der Waals surface area (Å²) in [5.74, 6) is 8.79. The Morgan fingerprint density at radius 1 is 0.250 bits per heavy atom. The zero-order valence-corrected chi connectivity index (χ0v) is 66.7. The van der Waals surface area contributed by atoms with Gasteiger partial charge in [0.1, 0.15) is 0 Å². The number of rotatable bonds is 58. The predicted molar refractivity (Wildman–Crippen MR) is 416 cm³/mol. The third kappa shape index (κ3) is 40.3. The molecule has 0 saturated carbocycles. The van der Waals surface area contributed by atoms with Gasteiger partial charge in [0, 0.05) is 48.4 Å². The lowest BCUT2D eigenvalue weighted by Gasteiger charge is -2.21. The first-order chi connectivity index (χ1) is 47.7. The first-order valence-corrected chi connectivity index (χ1v) is 40.1. The van der Waals surface area contributed by atoms with E-state index >= 15 is 0 Å². The molecule has 0 fully saturated rings. The predicted octanol–water partition coefficient (Wildman–Crippen LogP) is 21.4. The molecule has 570 valence electrons. The van der Waals surface area contributed by atoms with Gasteiger partial charge in [-0.1, -0.05) is 240 Å². The Morgan fingerprint density at radius 3 is 0.620 bits per heavy atom. The van der Waals surface area contributed by atoms with Gasteiger partial charge in [-0.05, 0) is 158 Å². The quantitative estimate of drug-likeness (QED) is 0.0399. The fraction of sp³-hybridized carbons (Fsp3) is 0.744. The van der Waals surface area contributed by atoms with Crippen LogP contribution in [0.15, 0.2) is 48.5 Å². The van der Waals surface area contributed by atoms with Gasteiger partial charge in [0.2, 0.25) is 11.5 Å². The fourth-order valence-corrected chi connectivity index (χ4v) is 12.3. The summed E-state index contributed by atoms with van der Waals surface area (Å²) in [6.07, 6.45) is 26.5. The van der Waals surface area contributed by atoms with Gasteiger partial charge in [0.05, 0.1) is 39.6 Å². The highest BCUT2D eigenvalue weighted by molar-refractivity contribution is 5.98. The lowest BCUT2D eigenvalue weighted by atomic mass is 9.97. The molecule has 4 N–H and O–H groups in total. The van der Waals surface area contributed by atoms with E-state index < -0.39 is 0 Å². The molecule has 0 aliphatic carbocycles. The minimum Gasteiger partial charge on any atom is -0.490 e. The largest absolute Gasteiger partial charge is 0.490 e. The van der Waals surface area contributed by atoms with Crippen LogP contribution in [-0.4, -0.2) is 89.4 Å². The van der Waals surface area contributed by atoms with Crippen LogP contribution in [-0.2, 0) is 0 Å². The monoisotopic (exact) mass is 1400 g/mol. The molecule has 0 heterocycles. The molecule has 0 saturated heterocycles. The van der Waals surface area contributed by atoms with Gasteiger partial charge in [-0.2, -0.15) is 0 Å². The summed E-state index contributed by atoms with van der Waals surface area (Å²) in [6, 6.07) is 13.5. The maximum atomic E-state index is 14.1. The molecule has 0 aliphatic heterocycles. The molecule has 0 bridgehead atoms. The minimum absolute atomic E-state index is 0.166. The summed E-state index contributed by atoms with van der Waals surface area (Å²) < 4.78 is 39.6. The Morgan fingerprint density at radius 2 is 0.430 bits per heavy atom. The van der Waals surface area contributed by atoms with E-state index in [1.165, 1.54) is 77.0 Å². The minimum atomic E-state index is -0.343. The van der Waals surface area contributed by atoms with E-state index in [2.05, 4.69) is 146 Å². The number of amides is 4. The topological polar surface area (TPSA) is 172 Å². The van der Waals surface area contributed by atoms with Crippen LogP contribution in [0.2, 0.25) is 0 Å². The highest BCUT2D eigenvalue weighted by Crippen LogP contribution is 2.42. The van der Waals surface area contributed by atoms with Crippen LogP contribution in [0, 0.1) is 71.0 Å². The van der Waals surface area contributed by atoms with Gasteiger partial charge in [-0.25, -0.2) is 0 Å². The van der Waals surface area contributed by atoms with Crippen molar-refractivity contribution in [2.75, 3.05) is 65.8 Å². The summed E-state index contributed by atoms with van der Waals surface area (Å²) in [5.41, 5.74) is 1.51. The molecule has 3 rings (SSSR count). The van der Waals surface area contributed by atoms with Crippen molar-refractivity contribution in [1.29, 1.82) is 0 Å². The first kappa shape index (κ1) is 88.6. The molecule has 6 atom stereocenters. The van der Waals surface area contributed by atoms with Crippen molar-refractivity contribution >= 4 is 23.6 Å². The van der Waals surface area contributed by atoms with E-state index in [9.17, 15) is 19.2 Å².